The normalized spacial score (nSPS) is 24.5. The number of hydrogen-bond acceptors (Lipinski definition) is 6. The molecule has 3 fully saturated rings. The molecule has 0 saturated carbocycles. The Labute approximate surface area is 263 Å². The number of urea groups is 1. The Hall–Kier alpha value is -3.27. The van der Waals surface area contributed by atoms with Crippen molar-refractivity contribution in [3.63, 3.8) is 0 Å². The molecular formula is C35H44N5O3S+. The van der Waals surface area contributed by atoms with Gasteiger partial charge in [-0.05, 0) is 66.1 Å². The first-order valence-corrected chi connectivity index (χ1v) is 17.4. The summed E-state index contributed by atoms with van der Waals surface area (Å²) in [5, 5.41) is 13.4. The largest absolute Gasteiger partial charge is 0.385 e. The average molecular weight is 615 g/mol. The molecule has 0 aliphatic carbocycles. The molecule has 0 bridgehead atoms. The summed E-state index contributed by atoms with van der Waals surface area (Å²) in [5.41, 5.74) is 3.10. The molecule has 0 radical (unpaired) electrons. The summed E-state index contributed by atoms with van der Waals surface area (Å²) >= 11 is 1.68. The van der Waals surface area contributed by atoms with E-state index >= 15 is 0 Å². The lowest BCUT2D eigenvalue weighted by Crippen LogP contribution is -2.69. The summed E-state index contributed by atoms with van der Waals surface area (Å²) in [5.74, 6) is -0.0358. The minimum absolute atomic E-state index is 0.119. The maximum Gasteiger partial charge on any atom is 0.336 e. The van der Waals surface area contributed by atoms with Crippen molar-refractivity contribution in [2.24, 2.45) is 0 Å². The van der Waals surface area contributed by atoms with Gasteiger partial charge in [0.25, 0.3) is 0 Å². The molecule has 1 aromatic heterocycles. The molecule has 5 heterocycles. The molecule has 4 aliphatic heterocycles. The Kier molecular flexibility index (Phi) is 8.20. The molecule has 3 saturated heterocycles. The van der Waals surface area contributed by atoms with Crippen molar-refractivity contribution < 1.29 is 18.9 Å². The number of amides is 4. The van der Waals surface area contributed by atoms with E-state index in [0.717, 1.165) is 94.3 Å². The third-order valence-corrected chi connectivity index (χ3v) is 11.9. The number of imide groups is 1. The van der Waals surface area contributed by atoms with E-state index in [1.165, 1.54) is 15.2 Å². The SMILES string of the molecule is O=C1CC2(CCNc3ccccc32)CCN1C(=O)N[C@H](Cc1csc2ccccc12)C(=O)[N+]1(C2CCNCC2)CCCCC1. The predicted octanol–water partition coefficient (Wildman–Crippen LogP) is 5.18. The average Bonchev–Trinajstić information content (AvgIpc) is 3.47. The Bertz CT molecular complexity index is 1540. The number of fused-ring (bicyclic) bond motifs is 3. The number of carbonyl (C=O) groups is 3. The summed E-state index contributed by atoms with van der Waals surface area (Å²) in [6.45, 7) is 4.69. The van der Waals surface area contributed by atoms with Crippen LogP contribution in [0.25, 0.3) is 10.1 Å². The van der Waals surface area contributed by atoms with E-state index in [-0.39, 0.29) is 23.3 Å². The molecule has 7 rings (SSSR count). The molecule has 1 unspecified atom stereocenters. The number of quaternary nitrogens is 1. The van der Waals surface area contributed by atoms with Gasteiger partial charge in [-0.2, -0.15) is 0 Å². The van der Waals surface area contributed by atoms with Crippen molar-refractivity contribution in [3.05, 3.63) is 65.0 Å². The highest BCUT2D eigenvalue weighted by Gasteiger charge is 2.50. The zero-order valence-electron chi connectivity index (χ0n) is 25.5. The molecule has 44 heavy (non-hydrogen) atoms. The van der Waals surface area contributed by atoms with E-state index in [9.17, 15) is 14.4 Å². The lowest BCUT2D eigenvalue weighted by atomic mass is 9.68. The zero-order valence-corrected chi connectivity index (χ0v) is 26.3. The van der Waals surface area contributed by atoms with Gasteiger partial charge >= 0.3 is 11.9 Å². The van der Waals surface area contributed by atoms with Crippen molar-refractivity contribution in [3.8, 4) is 0 Å². The van der Waals surface area contributed by atoms with Gasteiger partial charge in [0.1, 0.15) is 6.04 Å². The molecule has 232 valence electrons. The Balaban J connectivity index is 1.16. The molecule has 4 aliphatic rings. The highest BCUT2D eigenvalue weighted by atomic mass is 32.1. The van der Waals surface area contributed by atoms with E-state index in [4.69, 9.17) is 0 Å². The van der Waals surface area contributed by atoms with Crippen LogP contribution in [-0.2, 0) is 21.4 Å². The van der Waals surface area contributed by atoms with Crippen molar-refractivity contribution in [2.75, 3.05) is 44.6 Å². The van der Waals surface area contributed by atoms with Crippen LogP contribution in [0.5, 0.6) is 0 Å². The second-order valence-electron chi connectivity index (χ2n) is 13.3. The number of rotatable bonds is 5. The highest BCUT2D eigenvalue weighted by molar-refractivity contribution is 7.17. The van der Waals surface area contributed by atoms with Gasteiger partial charge in [0.2, 0.25) is 5.91 Å². The van der Waals surface area contributed by atoms with Gasteiger partial charge in [-0.1, -0.05) is 36.4 Å². The molecule has 1 spiro atoms. The van der Waals surface area contributed by atoms with Crippen molar-refractivity contribution in [1.29, 1.82) is 0 Å². The minimum Gasteiger partial charge on any atom is -0.385 e. The van der Waals surface area contributed by atoms with Crippen LogP contribution in [0, 0.1) is 0 Å². The van der Waals surface area contributed by atoms with Gasteiger partial charge in [-0.25, -0.2) is 9.59 Å². The molecule has 9 heteroatoms. The molecular weight excluding hydrogens is 570 g/mol. The second-order valence-corrected chi connectivity index (χ2v) is 14.2. The van der Waals surface area contributed by atoms with E-state index in [1.807, 2.05) is 24.3 Å². The number of anilines is 1. The molecule has 2 atom stereocenters. The quantitative estimate of drug-likeness (QED) is 0.345. The third kappa shape index (κ3) is 5.33. The van der Waals surface area contributed by atoms with Gasteiger partial charge in [0.05, 0.1) is 19.1 Å². The number of piperidine rings is 3. The van der Waals surface area contributed by atoms with Crippen LogP contribution in [0.15, 0.2) is 53.9 Å². The van der Waals surface area contributed by atoms with Gasteiger partial charge in [-0.3, -0.25) is 14.2 Å². The number of para-hydroxylation sites is 1. The van der Waals surface area contributed by atoms with Crippen molar-refractivity contribution in [1.82, 2.24) is 15.5 Å². The monoisotopic (exact) mass is 614 g/mol. The van der Waals surface area contributed by atoms with Gasteiger partial charge in [-0.15, -0.1) is 11.3 Å². The minimum atomic E-state index is -0.697. The summed E-state index contributed by atoms with van der Waals surface area (Å²) in [6, 6.07) is 15.7. The lowest BCUT2D eigenvalue weighted by Gasteiger charge is -2.48. The van der Waals surface area contributed by atoms with Gasteiger partial charge < -0.3 is 16.0 Å². The van der Waals surface area contributed by atoms with Crippen LogP contribution in [-0.4, -0.2) is 78.6 Å². The molecule has 8 nitrogen and oxygen atoms in total. The topological polar surface area (TPSA) is 90.5 Å². The third-order valence-electron chi connectivity index (χ3n) is 10.9. The highest BCUT2D eigenvalue weighted by Crippen LogP contribution is 2.45. The van der Waals surface area contributed by atoms with Crippen LogP contribution in [0.4, 0.5) is 10.5 Å². The first kappa shape index (κ1) is 29.4. The molecule has 2 aromatic carbocycles. The molecule has 4 amide bonds. The summed E-state index contributed by atoms with van der Waals surface area (Å²) in [4.78, 5) is 44.0. The summed E-state index contributed by atoms with van der Waals surface area (Å²) < 4.78 is 1.63. The Morgan fingerprint density at radius 3 is 2.59 bits per heavy atom. The van der Waals surface area contributed by atoms with Crippen molar-refractivity contribution in [2.45, 2.75) is 75.3 Å². The Morgan fingerprint density at radius 2 is 1.77 bits per heavy atom. The number of thiophene rings is 1. The van der Waals surface area contributed by atoms with Gasteiger partial charge in [0.15, 0.2) is 0 Å². The lowest BCUT2D eigenvalue weighted by molar-refractivity contribution is -0.886. The first-order chi connectivity index (χ1) is 21.5. The van der Waals surface area contributed by atoms with Crippen LogP contribution in [0.3, 0.4) is 0 Å². The fourth-order valence-corrected chi connectivity index (χ4v) is 9.52. The van der Waals surface area contributed by atoms with E-state index in [0.29, 0.717) is 23.9 Å². The van der Waals surface area contributed by atoms with Gasteiger partial charge in [0, 0.05) is 67.7 Å². The number of carbonyl (C=O) groups excluding carboxylic acids is 3. The summed E-state index contributed by atoms with van der Waals surface area (Å²) in [7, 11) is 0. The van der Waals surface area contributed by atoms with E-state index < -0.39 is 12.1 Å². The molecule has 3 N–H and O–H groups in total. The number of nitrogens with one attached hydrogen (secondary N) is 3. The predicted molar refractivity (Wildman–Crippen MR) is 175 cm³/mol. The first-order valence-electron chi connectivity index (χ1n) is 16.5. The zero-order chi connectivity index (χ0) is 30.1. The number of likely N-dealkylation sites (tertiary alicyclic amines) is 2. The van der Waals surface area contributed by atoms with Crippen LogP contribution < -0.4 is 16.0 Å². The standard InChI is InChI=1S/C35H43N5O3S/c41-32-23-35(14-18-37-29-10-4-3-9-28(29)35)15-19-39(32)34(43)38-30(22-25-24-44-31-11-5-2-8-27(25)31)33(42)40(20-6-1-7-21-40)26-12-16-36-17-13-26/h2-5,8-11,24,26,30,36-37H,1,6-7,12-23H2/p+1/t30-,35?/m1/s1. The summed E-state index contributed by atoms with van der Waals surface area (Å²) in [6.07, 6.45) is 7.48. The number of nitrogens with zero attached hydrogens (tertiary/aromatic N) is 2. The molecule has 3 aromatic rings. The van der Waals surface area contributed by atoms with Crippen molar-refractivity contribution >= 4 is 45.0 Å². The smallest absolute Gasteiger partial charge is 0.336 e. The Morgan fingerprint density at radius 1 is 1.00 bits per heavy atom. The fraction of sp³-hybridized carbons (Fsp3) is 0.514. The second kappa shape index (κ2) is 12.3. The number of hydrogen-bond donors (Lipinski definition) is 3. The van der Waals surface area contributed by atoms with E-state index in [2.05, 4.69) is 45.6 Å². The maximum atomic E-state index is 14.9. The number of benzene rings is 2. The van der Waals surface area contributed by atoms with Crippen LogP contribution in [0.1, 0.15) is 62.5 Å². The maximum absolute atomic E-state index is 14.9. The fourth-order valence-electron chi connectivity index (χ4n) is 8.54. The van der Waals surface area contributed by atoms with Crippen LogP contribution >= 0.6 is 11.3 Å². The van der Waals surface area contributed by atoms with E-state index in [1.54, 1.807) is 11.3 Å². The van der Waals surface area contributed by atoms with Crippen LogP contribution in [0.2, 0.25) is 0 Å².